The van der Waals surface area contributed by atoms with Gasteiger partial charge in [0, 0.05) is 17.8 Å². The Morgan fingerprint density at radius 1 is 0.912 bits per heavy atom. The van der Waals surface area contributed by atoms with E-state index in [4.69, 9.17) is 11.6 Å². The van der Waals surface area contributed by atoms with Gasteiger partial charge in [-0.2, -0.15) is 13.2 Å². The van der Waals surface area contributed by atoms with Gasteiger partial charge < -0.3 is 5.32 Å². The summed E-state index contributed by atoms with van der Waals surface area (Å²) in [6.07, 6.45) is -2.97. The van der Waals surface area contributed by atoms with E-state index >= 15 is 0 Å². The van der Waals surface area contributed by atoms with E-state index in [1.165, 1.54) is 29.8 Å². The minimum atomic E-state index is -4.72. The molecule has 0 saturated carbocycles. The Morgan fingerprint density at radius 3 is 2.09 bits per heavy atom. The number of hydrogen-bond acceptors (Lipinski definition) is 3. The lowest BCUT2D eigenvalue weighted by Crippen LogP contribution is -2.15. The quantitative estimate of drug-likeness (QED) is 0.374. The van der Waals surface area contributed by atoms with Crippen molar-refractivity contribution in [3.8, 4) is 0 Å². The topological polar surface area (TPSA) is 75.3 Å². The van der Waals surface area contributed by atoms with Gasteiger partial charge in [-0.25, -0.2) is 8.42 Å². The van der Waals surface area contributed by atoms with E-state index in [0.29, 0.717) is 18.2 Å². The normalized spacial score (nSPS) is 11.8. The summed E-state index contributed by atoms with van der Waals surface area (Å²) in [5.41, 5.74) is 1.23. The number of carbonyl (C=O) groups excluding carboxylic acids is 1. The van der Waals surface area contributed by atoms with E-state index in [0.717, 1.165) is 24.1 Å². The van der Waals surface area contributed by atoms with Crippen LogP contribution in [0.1, 0.15) is 30.0 Å². The predicted octanol–water partition coefficient (Wildman–Crippen LogP) is 6.29. The molecule has 0 aliphatic heterocycles. The Labute approximate surface area is 201 Å². The molecule has 34 heavy (non-hydrogen) atoms. The fraction of sp³-hybridized carbons (Fsp3) is 0.208. The summed E-state index contributed by atoms with van der Waals surface area (Å²) in [6.45, 7) is 2.07. The van der Waals surface area contributed by atoms with Crippen LogP contribution < -0.4 is 10.0 Å². The van der Waals surface area contributed by atoms with Crippen LogP contribution in [0.3, 0.4) is 0 Å². The largest absolute Gasteiger partial charge is 0.417 e. The maximum Gasteiger partial charge on any atom is 0.417 e. The molecule has 10 heteroatoms. The molecule has 180 valence electrons. The van der Waals surface area contributed by atoms with Crippen molar-refractivity contribution in [1.82, 2.24) is 0 Å². The fourth-order valence-electron chi connectivity index (χ4n) is 3.16. The van der Waals surface area contributed by atoms with Gasteiger partial charge in [-0.1, -0.05) is 42.8 Å². The van der Waals surface area contributed by atoms with Crippen LogP contribution in [-0.4, -0.2) is 14.3 Å². The van der Waals surface area contributed by atoms with Crippen LogP contribution in [0.4, 0.5) is 24.5 Å². The molecule has 3 rings (SSSR count). The lowest BCUT2D eigenvalue weighted by Gasteiger charge is -2.13. The first-order valence-corrected chi connectivity index (χ1v) is 12.2. The Kier molecular flexibility index (Phi) is 7.89. The molecule has 3 aromatic rings. The van der Waals surface area contributed by atoms with Crippen molar-refractivity contribution in [1.29, 1.82) is 0 Å². The average Bonchev–Trinajstić information content (AvgIpc) is 2.79. The summed E-state index contributed by atoms with van der Waals surface area (Å²) < 4.78 is 66.3. The highest BCUT2D eigenvalue weighted by molar-refractivity contribution is 7.92. The number of aryl methyl sites for hydroxylation is 2. The molecular weight excluding hydrogens is 489 g/mol. The molecule has 0 atom stereocenters. The molecule has 2 N–H and O–H groups in total. The van der Waals surface area contributed by atoms with Crippen LogP contribution in [0, 0.1) is 0 Å². The number of anilines is 2. The summed E-state index contributed by atoms with van der Waals surface area (Å²) >= 11 is 5.57. The van der Waals surface area contributed by atoms with Gasteiger partial charge in [-0.05, 0) is 66.4 Å². The number of alkyl halides is 3. The number of hydrogen-bond donors (Lipinski definition) is 2. The average molecular weight is 511 g/mol. The van der Waals surface area contributed by atoms with E-state index in [2.05, 4.69) is 17.0 Å². The van der Waals surface area contributed by atoms with Crippen LogP contribution in [-0.2, 0) is 33.8 Å². The molecule has 0 spiro atoms. The molecule has 0 aromatic heterocycles. The molecule has 1 amide bonds. The zero-order valence-corrected chi connectivity index (χ0v) is 19.7. The molecular formula is C24H22ClF3N2O3S. The number of sulfonamides is 1. The van der Waals surface area contributed by atoms with Gasteiger partial charge in [0.05, 0.1) is 15.5 Å². The second kappa shape index (κ2) is 10.5. The Morgan fingerprint density at radius 2 is 1.50 bits per heavy atom. The van der Waals surface area contributed by atoms with Crippen LogP contribution in [0.5, 0.6) is 0 Å². The molecule has 0 aliphatic rings. The van der Waals surface area contributed by atoms with Gasteiger partial charge in [0.2, 0.25) is 5.91 Å². The van der Waals surface area contributed by atoms with E-state index in [1.807, 2.05) is 24.3 Å². The maximum absolute atomic E-state index is 13.0. The van der Waals surface area contributed by atoms with Gasteiger partial charge in [-0.3, -0.25) is 9.52 Å². The molecule has 0 radical (unpaired) electrons. The van der Waals surface area contributed by atoms with Gasteiger partial charge >= 0.3 is 6.18 Å². The van der Waals surface area contributed by atoms with Crippen LogP contribution in [0.15, 0.2) is 71.6 Å². The van der Waals surface area contributed by atoms with Crippen LogP contribution >= 0.6 is 11.6 Å². The Balaban J connectivity index is 1.62. The predicted molar refractivity (Wildman–Crippen MR) is 126 cm³/mol. The molecule has 5 nitrogen and oxygen atoms in total. The van der Waals surface area contributed by atoms with Gasteiger partial charge in [0.25, 0.3) is 10.0 Å². The summed E-state index contributed by atoms with van der Waals surface area (Å²) in [5, 5.41) is 2.17. The fourth-order valence-corrected chi connectivity index (χ4v) is 4.43. The number of nitrogens with one attached hydrogen (secondary N) is 2. The van der Waals surface area contributed by atoms with Crippen molar-refractivity contribution in [3.63, 3.8) is 0 Å². The van der Waals surface area contributed by atoms with Crippen molar-refractivity contribution in [2.45, 2.75) is 37.3 Å². The summed E-state index contributed by atoms with van der Waals surface area (Å²) in [6, 6.07) is 16.1. The number of carbonyl (C=O) groups is 1. The minimum absolute atomic E-state index is 0.176. The third-order valence-electron chi connectivity index (χ3n) is 5.04. The third kappa shape index (κ3) is 6.74. The molecule has 0 saturated heterocycles. The van der Waals surface area contributed by atoms with Gasteiger partial charge in [0.15, 0.2) is 0 Å². The highest BCUT2D eigenvalue weighted by atomic mass is 35.5. The highest BCUT2D eigenvalue weighted by Gasteiger charge is 2.33. The Bertz CT molecular complexity index is 1260. The molecule has 0 aliphatic carbocycles. The highest BCUT2D eigenvalue weighted by Crippen LogP contribution is 2.36. The van der Waals surface area contributed by atoms with Crippen molar-refractivity contribution in [3.05, 3.63) is 88.4 Å². The molecule has 0 heterocycles. The summed E-state index contributed by atoms with van der Waals surface area (Å²) in [7, 11) is -4.16. The maximum atomic E-state index is 13.0. The first-order chi connectivity index (χ1) is 16.0. The van der Waals surface area contributed by atoms with Crippen LogP contribution in [0.2, 0.25) is 5.02 Å². The summed E-state index contributed by atoms with van der Waals surface area (Å²) in [4.78, 5) is 12.1. The zero-order valence-electron chi connectivity index (χ0n) is 18.1. The smallest absolute Gasteiger partial charge is 0.326 e. The van der Waals surface area contributed by atoms with Crippen molar-refractivity contribution in [2.24, 2.45) is 0 Å². The summed E-state index contributed by atoms with van der Waals surface area (Å²) in [5.74, 6) is -0.228. The SMILES string of the molecule is CCc1ccc(CCC(=O)Nc2ccc(S(=O)(=O)Nc3ccc(Cl)c(C(F)(F)F)c3)cc2)cc1. The van der Waals surface area contributed by atoms with Crippen LogP contribution in [0.25, 0.3) is 0 Å². The van der Waals surface area contributed by atoms with E-state index < -0.39 is 26.8 Å². The minimum Gasteiger partial charge on any atom is -0.326 e. The van der Waals surface area contributed by atoms with E-state index in [1.54, 1.807) is 0 Å². The number of amides is 1. The lowest BCUT2D eigenvalue weighted by atomic mass is 10.1. The molecule has 0 fully saturated rings. The molecule has 0 unspecified atom stereocenters. The number of benzene rings is 3. The van der Waals surface area contributed by atoms with E-state index in [9.17, 15) is 26.4 Å². The monoisotopic (exact) mass is 510 g/mol. The zero-order chi connectivity index (χ0) is 24.9. The standard InChI is InChI=1S/C24H22ClF3N2O3S/c1-2-16-3-5-17(6-4-16)7-14-23(31)29-18-8-11-20(12-9-18)34(32,33)30-19-10-13-22(25)21(15-19)24(26,27)28/h3-6,8-13,15,30H,2,7,14H2,1H3,(H,29,31). The van der Waals surface area contributed by atoms with E-state index in [-0.39, 0.29) is 22.9 Å². The Hall–Kier alpha value is -3.04. The van der Waals surface area contributed by atoms with Gasteiger partial charge in [-0.15, -0.1) is 0 Å². The van der Waals surface area contributed by atoms with Gasteiger partial charge in [0.1, 0.15) is 0 Å². The molecule has 0 bridgehead atoms. The third-order valence-corrected chi connectivity index (χ3v) is 6.77. The van der Waals surface area contributed by atoms with Crippen molar-refractivity contribution in [2.75, 3.05) is 10.0 Å². The first kappa shape index (κ1) is 25.6. The molecule has 3 aromatic carbocycles. The second-order valence-electron chi connectivity index (χ2n) is 7.54. The number of rotatable bonds is 8. The lowest BCUT2D eigenvalue weighted by molar-refractivity contribution is -0.137. The second-order valence-corrected chi connectivity index (χ2v) is 9.63. The number of halogens is 4. The first-order valence-electron chi connectivity index (χ1n) is 10.4. The van der Waals surface area contributed by atoms with Crippen molar-refractivity contribution >= 4 is 38.9 Å². The van der Waals surface area contributed by atoms with Crippen molar-refractivity contribution < 1.29 is 26.4 Å².